The molecule has 0 N–H and O–H groups in total. The molecule has 162 valence electrons. The van der Waals surface area contributed by atoms with Gasteiger partial charge in [0.15, 0.2) is 0 Å². The van der Waals surface area contributed by atoms with Crippen LogP contribution in [0.4, 0.5) is 4.79 Å². The molecule has 1 saturated heterocycles. The Morgan fingerprint density at radius 3 is 2.90 bits per heavy atom. The minimum atomic E-state index is -0.202. The van der Waals surface area contributed by atoms with Crippen LogP contribution in [-0.2, 0) is 35.2 Å². The minimum absolute atomic E-state index is 0.148. The van der Waals surface area contributed by atoms with Crippen LogP contribution in [0, 0.1) is 17.2 Å². The normalized spacial score (nSPS) is 17.8. The van der Waals surface area contributed by atoms with Gasteiger partial charge in [-0.2, -0.15) is 5.26 Å². The van der Waals surface area contributed by atoms with Gasteiger partial charge in [0.05, 0.1) is 12.2 Å². The van der Waals surface area contributed by atoms with Gasteiger partial charge in [-0.3, -0.25) is 9.78 Å². The highest BCUT2D eigenvalue weighted by molar-refractivity contribution is 7.12. The van der Waals surface area contributed by atoms with E-state index in [2.05, 4.69) is 11.1 Å². The van der Waals surface area contributed by atoms with Crippen molar-refractivity contribution in [2.45, 2.75) is 51.4 Å². The third-order valence-electron chi connectivity index (χ3n) is 6.13. The van der Waals surface area contributed by atoms with Gasteiger partial charge < -0.3 is 9.64 Å². The number of thiophene rings is 1. The molecule has 1 amide bonds. The predicted octanol–water partition coefficient (Wildman–Crippen LogP) is 4.10. The number of nitriles is 1. The topological polar surface area (TPSA) is 83.3 Å². The molecule has 31 heavy (non-hydrogen) atoms. The number of aryl methyl sites for hydroxylation is 1. The Balaban J connectivity index is 1.33. The summed E-state index contributed by atoms with van der Waals surface area (Å²) in [5, 5.41) is 9.71. The molecule has 0 radical (unpaired) electrons. The number of ether oxygens (including phenoxy) is 1. The maximum Gasteiger partial charge on any atom is 0.409 e. The molecule has 3 heterocycles. The van der Waals surface area contributed by atoms with E-state index < -0.39 is 0 Å². The van der Waals surface area contributed by atoms with Gasteiger partial charge in [-0.15, -0.1) is 11.3 Å². The number of hydrogen-bond donors (Lipinski definition) is 0. The minimum Gasteiger partial charge on any atom is -0.449 e. The second kappa shape index (κ2) is 10.1. The Morgan fingerprint density at radius 1 is 1.32 bits per heavy atom. The zero-order valence-corrected chi connectivity index (χ0v) is 18.5. The van der Waals surface area contributed by atoms with E-state index in [4.69, 9.17) is 4.74 Å². The fourth-order valence-electron chi connectivity index (χ4n) is 4.38. The third kappa shape index (κ3) is 5.31. The summed E-state index contributed by atoms with van der Waals surface area (Å²) in [7, 11) is 0. The number of carbonyl (C=O) groups excluding carboxylic acids is 2. The zero-order chi connectivity index (χ0) is 21.6. The maximum atomic E-state index is 12.5. The number of aromatic nitrogens is 1. The van der Waals surface area contributed by atoms with Crippen LogP contribution in [0.25, 0.3) is 0 Å². The highest BCUT2D eigenvalue weighted by atomic mass is 32.1. The first kappa shape index (κ1) is 21.5. The Bertz CT molecular complexity index is 974. The van der Waals surface area contributed by atoms with Gasteiger partial charge in [-0.05, 0) is 61.6 Å². The van der Waals surface area contributed by atoms with E-state index in [9.17, 15) is 14.9 Å². The molecule has 7 heteroatoms. The molecule has 0 saturated carbocycles. The fourth-order valence-corrected chi connectivity index (χ4v) is 5.83. The molecule has 1 fully saturated rings. The fraction of sp³-hybridized carbons (Fsp3) is 0.500. The second-order valence-electron chi connectivity index (χ2n) is 8.37. The number of Topliss-reactive ketones (excluding diaryl/α,β-unsaturated/α-hetero) is 1. The second-order valence-corrected chi connectivity index (χ2v) is 9.56. The number of rotatable bonds is 7. The third-order valence-corrected chi connectivity index (χ3v) is 7.39. The highest BCUT2D eigenvalue weighted by Crippen LogP contribution is 2.37. The van der Waals surface area contributed by atoms with Gasteiger partial charge in [0.2, 0.25) is 0 Å². The molecule has 1 aliphatic heterocycles. The first-order chi connectivity index (χ1) is 15.1. The molecule has 2 aliphatic rings. The Hall–Kier alpha value is -2.72. The molecule has 1 unspecified atom stereocenters. The zero-order valence-electron chi connectivity index (χ0n) is 17.6. The van der Waals surface area contributed by atoms with Crippen molar-refractivity contribution in [3.05, 3.63) is 51.0 Å². The lowest BCUT2D eigenvalue weighted by molar-refractivity contribution is -0.118. The van der Waals surface area contributed by atoms with Crippen LogP contribution in [0.3, 0.4) is 0 Å². The van der Waals surface area contributed by atoms with E-state index in [1.807, 2.05) is 12.1 Å². The van der Waals surface area contributed by atoms with Gasteiger partial charge in [0.25, 0.3) is 0 Å². The van der Waals surface area contributed by atoms with Gasteiger partial charge >= 0.3 is 6.09 Å². The van der Waals surface area contributed by atoms with Crippen LogP contribution in [0.15, 0.2) is 24.5 Å². The van der Waals surface area contributed by atoms with Gasteiger partial charge in [-0.1, -0.05) is 6.07 Å². The SMILES string of the molecule is N#Cc1c(CC(=O)CCc2cccnc2)sc2c1CCC(COC(=O)N1CCCC1)C2. The molecule has 1 atom stereocenters. The number of amides is 1. The van der Waals surface area contributed by atoms with E-state index in [0.717, 1.165) is 61.2 Å². The summed E-state index contributed by atoms with van der Waals surface area (Å²) in [4.78, 5) is 32.6. The van der Waals surface area contributed by atoms with Crippen molar-refractivity contribution in [3.8, 4) is 6.07 Å². The molecule has 2 aromatic heterocycles. The molecular formula is C24H27N3O3S. The molecule has 4 rings (SSSR count). The van der Waals surface area contributed by atoms with Crippen molar-refractivity contribution in [1.29, 1.82) is 5.26 Å². The molecule has 0 bridgehead atoms. The van der Waals surface area contributed by atoms with Crippen LogP contribution in [0.5, 0.6) is 0 Å². The van der Waals surface area contributed by atoms with Crippen molar-refractivity contribution in [3.63, 3.8) is 0 Å². The highest BCUT2D eigenvalue weighted by Gasteiger charge is 2.28. The summed E-state index contributed by atoms with van der Waals surface area (Å²) in [6.07, 6.45) is 9.38. The summed E-state index contributed by atoms with van der Waals surface area (Å²) in [5.41, 5.74) is 2.85. The van der Waals surface area contributed by atoms with Gasteiger partial charge in [-0.25, -0.2) is 4.79 Å². The molecular weight excluding hydrogens is 410 g/mol. The van der Waals surface area contributed by atoms with Crippen molar-refractivity contribution < 1.29 is 14.3 Å². The summed E-state index contributed by atoms with van der Waals surface area (Å²) in [6.45, 7) is 2.01. The lowest BCUT2D eigenvalue weighted by atomic mass is 9.87. The Labute approximate surface area is 186 Å². The maximum absolute atomic E-state index is 12.5. The lowest BCUT2D eigenvalue weighted by Gasteiger charge is -2.23. The first-order valence-corrected chi connectivity index (χ1v) is 11.8. The average Bonchev–Trinajstić information content (AvgIpc) is 3.44. The number of carbonyl (C=O) groups is 2. The van der Waals surface area contributed by atoms with Crippen LogP contribution in [0.1, 0.15) is 52.1 Å². The smallest absolute Gasteiger partial charge is 0.409 e. The molecule has 2 aromatic rings. The largest absolute Gasteiger partial charge is 0.449 e. The summed E-state index contributed by atoms with van der Waals surface area (Å²) in [5.74, 6) is 0.424. The Kier molecular flexibility index (Phi) is 6.98. The van der Waals surface area contributed by atoms with E-state index >= 15 is 0 Å². The number of likely N-dealkylation sites (tertiary alicyclic amines) is 1. The molecule has 6 nitrogen and oxygen atoms in total. The van der Waals surface area contributed by atoms with Crippen molar-refractivity contribution in [1.82, 2.24) is 9.88 Å². The number of hydrogen-bond acceptors (Lipinski definition) is 6. The van der Waals surface area contributed by atoms with Crippen LogP contribution in [0.2, 0.25) is 0 Å². The van der Waals surface area contributed by atoms with E-state index in [0.29, 0.717) is 31.4 Å². The number of ketones is 1. The summed E-state index contributed by atoms with van der Waals surface area (Å²) in [6, 6.07) is 6.19. The number of pyridine rings is 1. The summed E-state index contributed by atoms with van der Waals surface area (Å²) < 4.78 is 5.55. The predicted molar refractivity (Wildman–Crippen MR) is 118 cm³/mol. The number of nitrogens with zero attached hydrogens (tertiary/aromatic N) is 3. The first-order valence-electron chi connectivity index (χ1n) is 11.0. The average molecular weight is 438 g/mol. The Morgan fingerprint density at radius 2 is 2.16 bits per heavy atom. The standard InChI is InChI=1S/C24H27N3O3S/c25-14-21-20-8-6-18(16-30-24(29)27-10-1-2-11-27)12-22(20)31-23(21)13-19(28)7-5-17-4-3-9-26-15-17/h3-4,9,15,18H,1-2,5-8,10-13,16H2. The van der Waals surface area contributed by atoms with Crippen LogP contribution in [-0.4, -0.2) is 41.5 Å². The van der Waals surface area contributed by atoms with Crippen molar-refractivity contribution in [2.24, 2.45) is 5.92 Å². The molecule has 0 aromatic carbocycles. The van der Waals surface area contributed by atoms with E-state index in [1.54, 1.807) is 28.6 Å². The molecule has 0 spiro atoms. The van der Waals surface area contributed by atoms with Crippen LogP contribution >= 0.6 is 11.3 Å². The van der Waals surface area contributed by atoms with E-state index in [-0.39, 0.29) is 17.8 Å². The monoisotopic (exact) mass is 437 g/mol. The van der Waals surface area contributed by atoms with Crippen molar-refractivity contribution >= 4 is 23.2 Å². The molecule has 1 aliphatic carbocycles. The van der Waals surface area contributed by atoms with E-state index in [1.165, 1.54) is 4.88 Å². The quantitative estimate of drug-likeness (QED) is 0.651. The summed E-state index contributed by atoms with van der Waals surface area (Å²) >= 11 is 1.59. The van der Waals surface area contributed by atoms with Gasteiger partial charge in [0.1, 0.15) is 11.9 Å². The van der Waals surface area contributed by atoms with Gasteiger partial charge in [0, 0.05) is 48.1 Å². The van der Waals surface area contributed by atoms with Crippen molar-refractivity contribution in [2.75, 3.05) is 19.7 Å². The lowest BCUT2D eigenvalue weighted by Crippen LogP contribution is -2.30. The van der Waals surface area contributed by atoms with Crippen LogP contribution < -0.4 is 0 Å². The number of fused-ring (bicyclic) bond motifs is 1.